The SMILES string of the molecule is CCCCCCNCc1cc(Br)ccc1OCc1ccc(F)cc1. The lowest BCUT2D eigenvalue weighted by molar-refractivity contribution is 0.302. The maximum absolute atomic E-state index is 13.0. The van der Waals surface area contributed by atoms with Gasteiger partial charge in [0.15, 0.2) is 0 Å². The van der Waals surface area contributed by atoms with E-state index in [1.165, 1.54) is 37.8 Å². The molecular weight excluding hydrogens is 369 g/mol. The molecule has 0 radical (unpaired) electrons. The van der Waals surface area contributed by atoms with Crippen molar-refractivity contribution in [3.05, 3.63) is 63.9 Å². The lowest BCUT2D eigenvalue weighted by Crippen LogP contribution is -2.15. The van der Waals surface area contributed by atoms with Crippen LogP contribution in [0.1, 0.15) is 43.7 Å². The Morgan fingerprint density at radius 1 is 1.04 bits per heavy atom. The monoisotopic (exact) mass is 393 g/mol. The molecule has 130 valence electrons. The standard InChI is InChI=1S/C20H25BrFNO/c1-2-3-4-5-12-23-14-17-13-18(21)8-11-20(17)24-15-16-6-9-19(22)10-7-16/h6-11,13,23H,2-5,12,14-15H2,1H3. The summed E-state index contributed by atoms with van der Waals surface area (Å²) in [6.07, 6.45) is 5.03. The van der Waals surface area contributed by atoms with Crippen molar-refractivity contribution < 1.29 is 9.13 Å². The summed E-state index contributed by atoms with van der Waals surface area (Å²) < 4.78 is 19.9. The fraction of sp³-hybridized carbons (Fsp3) is 0.400. The molecule has 0 aromatic heterocycles. The van der Waals surface area contributed by atoms with Crippen LogP contribution in [0, 0.1) is 5.82 Å². The first kappa shape index (κ1) is 18.9. The molecule has 0 amide bonds. The minimum Gasteiger partial charge on any atom is -0.489 e. The van der Waals surface area contributed by atoms with Crippen LogP contribution in [0.15, 0.2) is 46.9 Å². The van der Waals surface area contributed by atoms with Crippen LogP contribution >= 0.6 is 15.9 Å². The third-order valence-electron chi connectivity index (χ3n) is 3.85. The average molecular weight is 394 g/mol. The van der Waals surface area contributed by atoms with E-state index in [4.69, 9.17) is 4.74 Å². The van der Waals surface area contributed by atoms with Crippen molar-refractivity contribution in [3.63, 3.8) is 0 Å². The highest BCUT2D eigenvalue weighted by atomic mass is 79.9. The van der Waals surface area contributed by atoms with Crippen molar-refractivity contribution in [2.45, 2.75) is 45.8 Å². The number of halogens is 2. The Balaban J connectivity index is 1.88. The normalized spacial score (nSPS) is 10.8. The number of ether oxygens (including phenoxy) is 1. The number of hydrogen-bond donors (Lipinski definition) is 1. The first-order valence-corrected chi connectivity index (χ1v) is 9.34. The summed E-state index contributed by atoms with van der Waals surface area (Å²) in [5.74, 6) is 0.638. The number of unbranched alkanes of at least 4 members (excludes halogenated alkanes) is 3. The van der Waals surface area contributed by atoms with Gasteiger partial charge >= 0.3 is 0 Å². The van der Waals surface area contributed by atoms with Gasteiger partial charge in [-0.2, -0.15) is 0 Å². The molecule has 0 spiro atoms. The molecule has 2 aromatic carbocycles. The molecule has 0 bridgehead atoms. The smallest absolute Gasteiger partial charge is 0.124 e. The lowest BCUT2D eigenvalue weighted by atomic mass is 10.2. The number of nitrogens with one attached hydrogen (secondary N) is 1. The lowest BCUT2D eigenvalue weighted by Gasteiger charge is -2.13. The quantitative estimate of drug-likeness (QED) is 0.512. The van der Waals surface area contributed by atoms with Crippen molar-refractivity contribution in [1.82, 2.24) is 5.32 Å². The van der Waals surface area contributed by atoms with Crippen molar-refractivity contribution in [2.75, 3.05) is 6.54 Å². The summed E-state index contributed by atoms with van der Waals surface area (Å²) in [5, 5.41) is 3.48. The summed E-state index contributed by atoms with van der Waals surface area (Å²) in [7, 11) is 0. The molecule has 0 aliphatic carbocycles. The van der Waals surface area contributed by atoms with Gasteiger partial charge in [-0.15, -0.1) is 0 Å². The van der Waals surface area contributed by atoms with Gasteiger partial charge in [0.1, 0.15) is 18.2 Å². The van der Waals surface area contributed by atoms with E-state index in [1.807, 2.05) is 12.1 Å². The van der Waals surface area contributed by atoms with Crippen LogP contribution in [0.25, 0.3) is 0 Å². The van der Waals surface area contributed by atoms with Crippen LogP contribution in [-0.4, -0.2) is 6.54 Å². The summed E-state index contributed by atoms with van der Waals surface area (Å²) in [4.78, 5) is 0. The third-order valence-corrected chi connectivity index (χ3v) is 4.35. The van der Waals surface area contributed by atoms with E-state index < -0.39 is 0 Å². The van der Waals surface area contributed by atoms with Crippen molar-refractivity contribution in [3.8, 4) is 5.75 Å². The highest BCUT2D eigenvalue weighted by Crippen LogP contribution is 2.24. The second-order valence-electron chi connectivity index (χ2n) is 5.90. The zero-order chi connectivity index (χ0) is 17.2. The summed E-state index contributed by atoms with van der Waals surface area (Å²) in [6.45, 7) is 4.46. The molecule has 0 fully saturated rings. The van der Waals surface area contributed by atoms with E-state index in [2.05, 4.69) is 34.2 Å². The van der Waals surface area contributed by atoms with Crippen LogP contribution in [0.2, 0.25) is 0 Å². The molecule has 0 atom stereocenters. The van der Waals surface area contributed by atoms with Crippen LogP contribution in [0.3, 0.4) is 0 Å². The Morgan fingerprint density at radius 2 is 1.83 bits per heavy atom. The zero-order valence-corrected chi connectivity index (χ0v) is 15.7. The fourth-order valence-corrected chi connectivity index (χ4v) is 2.88. The second kappa shape index (κ2) is 10.5. The molecule has 0 saturated heterocycles. The van der Waals surface area contributed by atoms with E-state index in [1.54, 1.807) is 12.1 Å². The third kappa shape index (κ3) is 6.62. The van der Waals surface area contributed by atoms with Gasteiger partial charge in [0, 0.05) is 16.6 Å². The number of benzene rings is 2. The second-order valence-corrected chi connectivity index (χ2v) is 6.82. The van der Waals surface area contributed by atoms with Crippen LogP contribution in [-0.2, 0) is 13.2 Å². The molecule has 2 aromatic rings. The first-order valence-electron chi connectivity index (χ1n) is 8.55. The van der Waals surface area contributed by atoms with Gasteiger partial charge in [0.05, 0.1) is 0 Å². The van der Waals surface area contributed by atoms with E-state index in [9.17, 15) is 4.39 Å². The van der Waals surface area contributed by atoms with Gasteiger partial charge in [-0.05, 0) is 48.9 Å². The molecule has 4 heteroatoms. The summed E-state index contributed by atoms with van der Waals surface area (Å²) in [5.41, 5.74) is 2.08. The molecule has 0 aliphatic rings. The van der Waals surface area contributed by atoms with Crippen molar-refractivity contribution in [2.24, 2.45) is 0 Å². The Morgan fingerprint density at radius 3 is 2.58 bits per heavy atom. The molecule has 2 nitrogen and oxygen atoms in total. The van der Waals surface area contributed by atoms with Gasteiger partial charge in [-0.3, -0.25) is 0 Å². The summed E-state index contributed by atoms with van der Waals surface area (Å²) in [6, 6.07) is 12.4. The molecule has 0 unspecified atom stereocenters. The largest absolute Gasteiger partial charge is 0.489 e. The first-order chi connectivity index (χ1) is 11.7. The highest BCUT2D eigenvalue weighted by Gasteiger charge is 2.05. The van der Waals surface area contributed by atoms with Gasteiger partial charge in [-0.1, -0.05) is 54.2 Å². The van der Waals surface area contributed by atoms with E-state index in [-0.39, 0.29) is 5.82 Å². The Labute approximate surface area is 152 Å². The number of hydrogen-bond acceptors (Lipinski definition) is 2. The maximum atomic E-state index is 13.0. The van der Waals surface area contributed by atoms with E-state index in [0.29, 0.717) is 6.61 Å². The molecule has 0 saturated carbocycles. The van der Waals surface area contributed by atoms with Gasteiger partial charge in [0.2, 0.25) is 0 Å². The average Bonchev–Trinajstić information content (AvgIpc) is 2.58. The Bertz CT molecular complexity index is 616. The summed E-state index contributed by atoms with van der Waals surface area (Å²) >= 11 is 3.52. The van der Waals surface area contributed by atoms with E-state index in [0.717, 1.165) is 34.4 Å². The number of rotatable bonds is 10. The zero-order valence-electron chi connectivity index (χ0n) is 14.2. The molecule has 2 rings (SSSR count). The highest BCUT2D eigenvalue weighted by molar-refractivity contribution is 9.10. The molecule has 24 heavy (non-hydrogen) atoms. The van der Waals surface area contributed by atoms with E-state index >= 15 is 0 Å². The van der Waals surface area contributed by atoms with Gasteiger partial charge in [-0.25, -0.2) is 4.39 Å². The fourth-order valence-electron chi connectivity index (χ4n) is 2.47. The van der Waals surface area contributed by atoms with Crippen LogP contribution in [0.5, 0.6) is 5.75 Å². The topological polar surface area (TPSA) is 21.3 Å². The van der Waals surface area contributed by atoms with Gasteiger partial charge in [0.25, 0.3) is 0 Å². The minimum atomic E-state index is -0.227. The Hall–Kier alpha value is -1.39. The van der Waals surface area contributed by atoms with Crippen molar-refractivity contribution >= 4 is 15.9 Å². The predicted octanol–water partition coefficient (Wildman–Crippen LogP) is 5.84. The van der Waals surface area contributed by atoms with Crippen LogP contribution < -0.4 is 10.1 Å². The van der Waals surface area contributed by atoms with Crippen molar-refractivity contribution in [1.29, 1.82) is 0 Å². The predicted molar refractivity (Wildman–Crippen MR) is 101 cm³/mol. The van der Waals surface area contributed by atoms with Gasteiger partial charge < -0.3 is 10.1 Å². The molecule has 1 N–H and O–H groups in total. The Kier molecular flexibility index (Phi) is 8.26. The maximum Gasteiger partial charge on any atom is 0.124 e. The molecule has 0 heterocycles. The van der Waals surface area contributed by atoms with Crippen LogP contribution in [0.4, 0.5) is 4.39 Å². The minimum absolute atomic E-state index is 0.227. The molecular formula is C20H25BrFNO. The molecule has 0 aliphatic heterocycles.